The molecule has 0 aliphatic heterocycles. The number of benzene rings is 2. The lowest BCUT2D eigenvalue weighted by Gasteiger charge is -2.25. The van der Waals surface area contributed by atoms with Gasteiger partial charge in [0, 0.05) is 18.0 Å². The van der Waals surface area contributed by atoms with E-state index in [1.807, 2.05) is 0 Å². The summed E-state index contributed by atoms with van der Waals surface area (Å²) in [6.45, 7) is 5.08. The zero-order chi connectivity index (χ0) is 24.5. The highest BCUT2D eigenvalue weighted by Gasteiger charge is 2.34. The molecule has 0 fully saturated rings. The molecule has 1 aromatic heterocycles. The molecule has 3 rings (SSSR count). The molecule has 0 spiro atoms. The van der Waals surface area contributed by atoms with Crippen molar-refractivity contribution in [1.29, 1.82) is 0 Å². The number of rotatable bonds is 7. The molecule has 0 aliphatic rings. The van der Waals surface area contributed by atoms with E-state index in [1.165, 1.54) is 31.3 Å². The Morgan fingerprint density at radius 3 is 2.55 bits per heavy atom. The van der Waals surface area contributed by atoms with E-state index in [0.29, 0.717) is 5.56 Å². The Hall–Kier alpha value is -3.02. The van der Waals surface area contributed by atoms with Gasteiger partial charge < -0.3 is 9.73 Å². The number of aryl methyl sites for hydroxylation is 1. The molecule has 12 heteroatoms. The van der Waals surface area contributed by atoms with Crippen molar-refractivity contribution in [3.8, 4) is 0 Å². The average molecular weight is 497 g/mol. The molecule has 176 valence electrons. The Bertz CT molecular complexity index is 1370. The maximum Gasteiger partial charge on any atom is 0.434 e. The van der Waals surface area contributed by atoms with E-state index in [9.17, 15) is 22.4 Å². The molecule has 33 heavy (non-hydrogen) atoms. The van der Waals surface area contributed by atoms with Crippen LogP contribution < -0.4 is 15.8 Å². The lowest BCUT2D eigenvalue weighted by Crippen LogP contribution is -2.34. The van der Waals surface area contributed by atoms with Crippen molar-refractivity contribution in [2.24, 2.45) is 0 Å². The van der Waals surface area contributed by atoms with E-state index < -0.39 is 39.5 Å². The molecule has 3 aromatic rings. The fourth-order valence-electron chi connectivity index (χ4n) is 3.55. The third kappa shape index (κ3) is 5.00. The molecular weight excluding hydrogens is 475 g/mol. The lowest BCUT2D eigenvalue weighted by molar-refractivity contribution is 0.0959. The summed E-state index contributed by atoms with van der Waals surface area (Å²) >= 11 is 5.95. The van der Waals surface area contributed by atoms with Crippen molar-refractivity contribution >= 4 is 27.5 Å². The molecule has 0 aliphatic carbocycles. The van der Waals surface area contributed by atoms with E-state index in [-0.39, 0.29) is 26.9 Å². The van der Waals surface area contributed by atoms with Crippen LogP contribution in [0, 0.1) is 19.7 Å². The third-order valence-electron chi connectivity index (χ3n) is 5.39. The quantitative estimate of drug-likeness (QED) is 0.460. The fourth-order valence-corrected chi connectivity index (χ4v) is 5.18. The Balaban J connectivity index is 2.14. The van der Waals surface area contributed by atoms with E-state index >= 15 is 0 Å². The second-order valence-electron chi connectivity index (χ2n) is 7.46. The highest BCUT2D eigenvalue weighted by molar-refractivity contribution is 7.89. The average Bonchev–Trinajstić information content (AvgIpc) is 3.20. The number of sulfonamides is 1. The van der Waals surface area contributed by atoms with Gasteiger partial charge in [-0.15, -0.1) is 5.10 Å². The summed E-state index contributed by atoms with van der Waals surface area (Å²) in [4.78, 5) is 23.5. The van der Waals surface area contributed by atoms with Crippen molar-refractivity contribution in [2.75, 3.05) is 7.05 Å². The molecule has 2 aromatic carbocycles. The number of halogens is 2. The van der Waals surface area contributed by atoms with E-state index in [2.05, 4.69) is 20.2 Å². The Kier molecular flexibility index (Phi) is 7.06. The number of amides is 1. The van der Waals surface area contributed by atoms with Crippen LogP contribution in [0.1, 0.15) is 51.8 Å². The molecule has 0 bridgehead atoms. The first-order chi connectivity index (χ1) is 15.5. The SMILES string of the molecule is CNC(=O)c1cc(Cl)ccc1S(=O)(=O)N[C@H](c1n[nH]c(=O)o1)[C@H](C)c1c(F)ccc(C)c1C. The van der Waals surface area contributed by atoms with Gasteiger partial charge in [-0.1, -0.05) is 24.6 Å². The van der Waals surface area contributed by atoms with E-state index in [0.717, 1.165) is 5.56 Å². The van der Waals surface area contributed by atoms with Gasteiger partial charge in [0.05, 0.1) is 10.5 Å². The minimum absolute atomic E-state index is 0.160. The highest BCUT2D eigenvalue weighted by atomic mass is 35.5. The van der Waals surface area contributed by atoms with Gasteiger partial charge in [-0.05, 0) is 54.8 Å². The molecule has 3 N–H and O–H groups in total. The summed E-state index contributed by atoms with van der Waals surface area (Å²) in [7, 11) is -3.05. The Morgan fingerprint density at radius 2 is 1.94 bits per heavy atom. The fraction of sp³-hybridized carbons (Fsp3) is 0.286. The lowest BCUT2D eigenvalue weighted by atomic mass is 9.88. The maximum atomic E-state index is 14.8. The highest BCUT2D eigenvalue weighted by Crippen LogP contribution is 2.35. The van der Waals surface area contributed by atoms with Crippen molar-refractivity contribution < 1.29 is 22.0 Å². The van der Waals surface area contributed by atoms with Crippen LogP contribution in [0.25, 0.3) is 0 Å². The predicted molar refractivity (Wildman–Crippen MR) is 119 cm³/mol. The summed E-state index contributed by atoms with van der Waals surface area (Å²) in [5, 5.41) is 8.36. The Morgan fingerprint density at radius 1 is 1.24 bits per heavy atom. The third-order valence-corrected chi connectivity index (χ3v) is 7.13. The number of aromatic nitrogens is 2. The first kappa shape index (κ1) is 24.6. The zero-order valence-corrected chi connectivity index (χ0v) is 19.8. The summed E-state index contributed by atoms with van der Waals surface area (Å²) in [6.07, 6.45) is 0. The number of aromatic amines is 1. The molecule has 1 heterocycles. The number of hydrogen-bond acceptors (Lipinski definition) is 6. The molecule has 2 atom stereocenters. The van der Waals surface area contributed by atoms with E-state index in [1.54, 1.807) is 26.8 Å². The van der Waals surface area contributed by atoms with Crippen LogP contribution in [0.15, 0.2) is 44.4 Å². The summed E-state index contributed by atoms with van der Waals surface area (Å²) < 4.78 is 49.0. The minimum atomic E-state index is -4.40. The summed E-state index contributed by atoms with van der Waals surface area (Å²) in [6, 6.07) is 5.32. The van der Waals surface area contributed by atoms with Crippen molar-refractivity contribution in [2.45, 2.75) is 37.6 Å². The largest absolute Gasteiger partial charge is 0.434 e. The number of hydrogen-bond donors (Lipinski definition) is 3. The topological polar surface area (TPSA) is 134 Å². The van der Waals surface area contributed by atoms with Crippen molar-refractivity contribution in [3.63, 3.8) is 0 Å². The predicted octanol–water partition coefficient (Wildman–Crippen LogP) is 2.96. The number of nitrogens with zero attached hydrogens (tertiary/aromatic N) is 1. The van der Waals surface area contributed by atoms with Crippen LogP contribution in [0.2, 0.25) is 5.02 Å². The van der Waals surface area contributed by atoms with Crippen LogP contribution in [0.3, 0.4) is 0 Å². The first-order valence-corrected chi connectivity index (χ1v) is 11.7. The van der Waals surface area contributed by atoms with Crippen LogP contribution in [-0.2, 0) is 10.0 Å². The van der Waals surface area contributed by atoms with Gasteiger partial charge in [0.25, 0.3) is 5.91 Å². The normalized spacial score (nSPS) is 13.5. The van der Waals surface area contributed by atoms with Gasteiger partial charge in [0.2, 0.25) is 15.9 Å². The Labute approximate surface area is 194 Å². The molecule has 0 saturated heterocycles. The number of nitrogens with one attached hydrogen (secondary N) is 3. The van der Waals surface area contributed by atoms with Crippen LogP contribution in [-0.4, -0.2) is 31.6 Å². The molecule has 1 amide bonds. The molecule has 0 saturated carbocycles. The second kappa shape index (κ2) is 9.46. The standard InChI is InChI=1S/C21H22ClFN4O5S/c1-10-5-7-15(23)17(11(10)2)12(3)18(20-25-26-21(29)32-20)27-33(30,31)16-8-6-13(22)9-14(16)19(28)24-4/h5-9,12,18,27H,1-4H3,(H,24,28)(H,26,29)/t12-,18+/m1/s1. The minimum Gasteiger partial charge on any atom is -0.391 e. The monoisotopic (exact) mass is 496 g/mol. The van der Waals surface area contributed by atoms with Crippen LogP contribution in [0.4, 0.5) is 4.39 Å². The van der Waals surface area contributed by atoms with Crippen LogP contribution in [0.5, 0.6) is 0 Å². The maximum absolute atomic E-state index is 14.8. The first-order valence-electron chi connectivity index (χ1n) is 9.81. The molecule has 0 unspecified atom stereocenters. The van der Waals surface area contributed by atoms with Gasteiger partial charge in [0.1, 0.15) is 11.9 Å². The van der Waals surface area contributed by atoms with Crippen LogP contribution >= 0.6 is 11.6 Å². The van der Waals surface area contributed by atoms with Gasteiger partial charge in [0.15, 0.2) is 0 Å². The number of carbonyl (C=O) groups is 1. The van der Waals surface area contributed by atoms with Gasteiger partial charge in [-0.2, -0.15) is 4.72 Å². The van der Waals surface area contributed by atoms with Gasteiger partial charge in [-0.3, -0.25) is 4.79 Å². The molecule has 9 nitrogen and oxygen atoms in total. The number of carbonyl (C=O) groups excluding carboxylic acids is 1. The van der Waals surface area contributed by atoms with E-state index in [4.69, 9.17) is 16.0 Å². The number of H-pyrrole nitrogens is 1. The molecular formula is C21H22ClFN4O5S. The summed E-state index contributed by atoms with van der Waals surface area (Å²) in [5.41, 5.74) is 1.45. The van der Waals surface area contributed by atoms with Gasteiger partial charge in [-0.25, -0.2) is 22.7 Å². The second-order valence-corrected chi connectivity index (χ2v) is 9.58. The van der Waals surface area contributed by atoms with Crippen molar-refractivity contribution in [1.82, 2.24) is 20.2 Å². The van der Waals surface area contributed by atoms with Gasteiger partial charge >= 0.3 is 5.76 Å². The zero-order valence-electron chi connectivity index (χ0n) is 18.2. The molecule has 0 radical (unpaired) electrons. The van der Waals surface area contributed by atoms with Crippen molar-refractivity contribution in [3.05, 3.63) is 79.9 Å². The summed E-state index contributed by atoms with van der Waals surface area (Å²) in [5.74, 6) is -3.26. The smallest absolute Gasteiger partial charge is 0.391 e.